The van der Waals surface area contributed by atoms with Crippen molar-refractivity contribution >= 4 is 11.3 Å². The van der Waals surface area contributed by atoms with Crippen LogP contribution in [0.3, 0.4) is 0 Å². The molecule has 4 heteroatoms. The predicted octanol–water partition coefficient (Wildman–Crippen LogP) is 2.02. The quantitative estimate of drug-likeness (QED) is 0.794. The Hall–Kier alpha value is -0.420. The van der Waals surface area contributed by atoms with Crippen molar-refractivity contribution in [1.82, 2.24) is 10.6 Å². The summed E-state index contributed by atoms with van der Waals surface area (Å²) in [4.78, 5) is 1.48. The summed E-state index contributed by atoms with van der Waals surface area (Å²) in [6, 6.07) is 2.76. The summed E-state index contributed by atoms with van der Waals surface area (Å²) in [6.45, 7) is 9.18. The normalized spacial score (nSPS) is 23.7. The number of ether oxygens (including phenoxy) is 1. The van der Waals surface area contributed by atoms with Crippen molar-refractivity contribution < 1.29 is 4.74 Å². The number of aryl methyl sites for hydroxylation is 1. The van der Waals surface area contributed by atoms with Crippen molar-refractivity contribution in [2.75, 3.05) is 26.3 Å². The molecule has 2 N–H and O–H groups in total. The first-order chi connectivity index (χ1) is 8.85. The Morgan fingerprint density at radius 3 is 3.06 bits per heavy atom. The molecule has 0 saturated carbocycles. The molecule has 1 aliphatic heterocycles. The van der Waals surface area contributed by atoms with E-state index in [1.807, 2.05) is 11.3 Å². The van der Waals surface area contributed by atoms with Gasteiger partial charge in [0.15, 0.2) is 0 Å². The lowest BCUT2D eigenvalue weighted by molar-refractivity contribution is 0.182. The number of hydrogen-bond donors (Lipinski definition) is 2. The van der Waals surface area contributed by atoms with Gasteiger partial charge < -0.3 is 15.4 Å². The van der Waals surface area contributed by atoms with Gasteiger partial charge in [-0.25, -0.2) is 0 Å². The fourth-order valence-corrected chi connectivity index (χ4v) is 3.44. The highest BCUT2D eigenvalue weighted by molar-refractivity contribution is 7.10. The fraction of sp³-hybridized carbons (Fsp3) is 0.714. The molecule has 1 aromatic heterocycles. The van der Waals surface area contributed by atoms with Gasteiger partial charge in [0.05, 0.1) is 13.2 Å². The van der Waals surface area contributed by atoms with Crippen molar-refractivity contribution in [3.63, 3.8) is 0 Å². The largest absolute Gasteiger partial charge is 0.379 e. The minimum absolute atomic E-state index is 0.525. The molecular weight excluding hydrogens is 244 g/mol. The molecule has 1 aliphatic rings. The molecular formula is C14H24N2OS. The van der Waals surface area contributed by atoms with E-state index >= 15 is 0 Å². The zero-order chi connectivity index (χ0) is 12.8. The van der Waals surface area contributed by atoms with Crippen molar-refractivity contribution in [1.29, 1.82) is 0 Å². The summed E-state index contributed by atoms with van der Waals surface area (Å²) in [5.74, 6) is 0.606. The highest BCUT2D eigenvalue weighted by Gasteiger charge is 2.26. The van der Waals surface area contributed by atoms with E-state index in [4.69, 9.17) is 4.74 Å². The van der Waals surface area contributed by atoms with Gasteiger partial charge in [0, 0.05) is 29.9 Å². The molecule has 2 atom stereocenters. The molecule has 1 aromatic rings. The third-order valence-corrected chi connectivity index (χ3v) is 4.54. The number of thiophene rings is 1. The second-order valence-corrected chi connectivity index (χ2v) is 5.82. The lowest BCUT2D eigenvalue weighted by Crippen LogP contribution is -2.40. The van der Waals surface area contributed by atoms with E-state index in [-0.39, 0.29) is 0 Å². The fourth-order valence-electron chi connectivity index (χ4n) is 2.50. The van der Waals surface area contributed by atoms with E-state index in [1.165, 1.54) is 10.4 Å². The van der Waals surface area contributed by atoms with Crippen LogP contribution >= 0.6 is 11.3 Å². The third-order valence-electron chi connectivity index (χ3n) is 3.58. The number of rotatable bonds is 7. The third kappa shape index (κ3) is 3.54. The summed E-state index contributed by atoms with van der Waals surface area (Å²) in [6.07, 6.45) is 1.13. The first kappa shape index (κ1) is 14.0. The van der Waals surface area contributed by atoms with Crippen LogP contribution < -0.4 is 10.6 Å². The Morgan fingerprint density at radius 2 is 2.28 bits per heavy atom. The molecule has 0 amide bonds. The highest BCUT2D eigenvalue weighted by atomic mass is 32.1. The Kier molecular flexibility index (Phi) is 5.63. The lowest BCUT2D eigenvalue weighted by Gasteiger charge is -2.18. The lowest BCUT2D eigenvalue weighted by atomic mass is 10.0. The van der Waals surface area contributed by atoms with E-state index in [2.05, 4.69) is 35.9 Å². The van der Waals surface area contributed by atoms with Gasteiger partial charge in [-0.1, -0.05) is 13.8 Å². The van der Waals surface area contributed by atoms with Gasteiger partial charge in [0.2, 0.25) is 0 Å². The van der Waals surface area contributed by atoms with Crippen molar-refractivity contribution in [3.8, 4) is 0 Å². The maximum absolute atomic E-state index is 5.56. The maximum atomic E-state index is 5.56. The van der Waals surface area contributed by atoms with Crippen LogP contribution in [-0.4, -0.2) is 32.3 Å². The van der Waals surface area contributed by atoms with Crippen LogP contribution in [0.2, 0.25) is 0 Å². The topological polar surface area (TPSA) is 33.3 Å². The van der Waals surface area contributed by atoms with Crippen LogP contribution in [0, 0.1) is 5.92 Å². The summed E-state index contributed by atoms with van der Waals surface area (Å²) < 4.78 is 5.56. The monoisotopic (exact) mass is 268 g/mol. The van der Waals surface area contributed by atoms with Crippen molar-refractivity contribution in [2.24, 2.45) is 5.92 Å². The van der Waals surface area contributed by atoms with Crippen LogP contribution in [-0.2, 0) is 17.7 Å². The van der Waals surface area contributed by atoms with Gasteiger partial charge in [0.25, 0.3) is 0 Å². The number of hydrogen-bond acceptors (Lipinski definition) is 4. The van der Waals surface area contributed by atoms with Gasteiger partial charge in [-0.2, -0.15) is 0 Å². The molecule has 18 heavy (non-hydrogen) atoms. The second kappa shape index (κ2) is 7.24. The van der Waals surface area contributed by atoms with Crippen LogP contribution in [0.25, 0.3) is 0 Å². The van der Waals surface area contributed by atoms with Gasteiger partial charge in [0.1, 0.15) is 0 Å². The van der Waals surface area contributed by atoms with Crippen molar-refractivity contribution in [3.05, 3.63) is 21.9 Å². The molecule has 0 bridgehead atoms. The number of nitrogens with one attached hydrogen (secondary N) is 2. The van der Waals surface area contributed by atoms with E-state index in [1.54, 1.807) is 0 Å². The summed E-state index contributed by atoms with van der Waals surface area (Å²) in [5.41, 5.74) is 1.48. The summed E-state index contributed by atoms with van der Waals surface area (Å²) >= 11 is 1.86. The predicted molar refractivity (Wildman–Crippen MR) is 77.2 cm³/mol. The zero-order valence-corrected chi connectivity index (χ0v) is 12.2. The molecule has 1 saturated heterocycles. The standard InChI is InChI=1S/C14H24N2OS/c1-3-11-5-6-18-14(11)8-15-7-12-9-17-10-13(12)16-4-2/h5-6,12-13,15-16H,3-4,7-10H2,1-2H3. The Bertz CT molecular complexity index is 353. The van der Waals surface area contributed by atoms with Gasteiger partial charge in [-0.3, -0.25) is 0 Å². The second-order valence-electron chi connectivity index (χ2n) is 4.82. The van der Waals surface area contributed by atoms with E-state index in [0.717, 1.165) is 39.3 Å². The van der Waals surface area contributed by atoms with Gasteiger partial charge >= 0.3 is 0 Å². The SMILES string of the molecule is CCNC1COCC1CNCc1sccc1CC. The maximum Gasteiger partial charge on any atom is 0.0623 e. The molecule has 1 fully saturated rings. The number of likely N-dealkylation sites (N-methyl/N-ethyl adjacent to an activating group) is 1. The van der Waals surface area contributed by atoms with Crippen LogP contribution in [0.5, 0.6) is 0 Å². The van der Waals surface area contributed by atoms with Gasteiger partial charge in [-0.05, 0) is 30.0 Å². The molecule has 0 radical (unpaired) electrons. The minimum atomic E-state index is 0.525. The Labute approximate surface area is 114 Å². The molecule has 2 heterocycles. The summed E-state index contributed by atoms with van der Waals surface area (Å²) in [7, 11) is 0. The van der Waals surface area contributed by atoms with E-state index in [9.17, 15) is 0 Å². The van der Waals surface area contributed by atoms with E-state index < -0.39 is 0 Å². The Balaban J connectivity index is 1.75. The highest BCUT2D eigenvalue weighted by Crippen LogP contribution is 2.18. The smallest absolute Gasteiger partial charge is 0.0623 e. The van der Waals surface area contributed by atoms with E-state index in [0.29, 0.717) is 12.0 Å². The van der Waals surface area contributed by atoms with Crippen LogP contribution in [0.4, 0.5) is 0 Å². The molecule has 0 aromatic carbocycles. The first-order valence-electron chi connectivity index (χ1n) is 6.92. The average Bonchev–Trinajstić information content (AvgIpc) is 2.99. The minimum Gasteiger partial charge on any atom is -0.379 e. The van der Waals surface area contributed by atoms with Crippen molar-refractivity contribution in [2.45, 2.75) is 32.9 Å². The summed E-state index contributed by atoms with van der Waals surface area (Å²) in [5, 5.41) is 9.27. The molecule has 0 spiro atoms. The van der Waals surface area contributed by atoms with Crippen LogP contribution in [0.1, 0.15) is 24.3 Å². The van der Waals surface area contributed by atoms with Crippen LogP contribution in [0.15, 0.2) is 11.4 Å². The molecule has 2 unspecified atom stereocenters. The first-order valence-corrected chi connectivity index (χ1v) is 7.80. The molecule has 0 aliphatic carbocycles. The zero-order valence-electron chi connectivity index (χ0n) is 11.4. The molecule has 102 valence electrons. The Morgan fingerprint density at radius 1 is 1.39 bits per heavy atom. The van der Waals surface area contributed by atoms with Gasteiger partial charge in [-0.15, -0.1) is 11.3 Å². The molecule has 3 nitrogen and oxygen atoms in total. The average molecular weight is 268 g/mol. The molecule has 2 rings (SSSR count).